The van der Waals surface area contributed by atoms with Crippen molar-refractivity contribution in [1.82, 2.24) is 4.98 Å². The Morgan fingerprint density at radius 1 is 1.29 bits per heavy atom. The summed E-state index contributed by atoms with van der Waals surface area (Å²) in [6, 6.07) is 11.0. The highest BCUT2D eigenvalue weighted by molar-refractivity contribution is 9.10. The molecule has 3 rings (SSSR count). The average molecular weight is 345 g/mol. The number of hydrogen-bond donors (Lipinski definition) is 1. The summed E-state index contributed by atoms with van der Waals surface area (Å²) >= 11 is 3.08. The Kier molecular flexibility index (Phi) is 3.53. The maximum atomic E-state index is 11.6. The Labute approximate surface area is 127 Å². The van der Waals surface area contributed by atoms with Crippen LogP contribution in [-0.2, 0) is 0 Å². The molecule has 0 saturated carbocycles. The molecule has 0 aliphatic rings. The molecule has 3 aromatic rings. The van der Waals surface area contributed by atoms with Gasteiger partial charge in [-0.05, 0) is 34.1 Å². The van der Waals surface area contributed by atoms with Gasteiger partial charge in [0.1, 0.15) is 0 Å². The zero-order chi connectivity index (χ0) is 14.8. The number of hydrogen-bond acceptors (Lipinski definition) is 5. The van der Waals surface area contributed by atoms with Gasteiger partial charge in [-0.1, -0.05) is 18.2 Å². The predicted octanol–water partition coefficient (Wildman–Crippen LogP) is 3.41. The number of benzene rings is 1. The monoisotopic (exact) mass is 344 g/mol. The summed E-state index contributed by atoms with van der Waals surface area (Å²) in [6.07, 6.45) is 3.00. The van der Waals surface area contributed by atoms with Crippen LogP contribution in [0.4, 0.5) is 5.69 Å². The number of halogens is 1. The zero-order valence-corrected chi connectivity index (χ0v) is 12.2. The van der Waals surface area contributed by atoms with Gasteiger partial charge in [0.2, 0.25) is 0 Å². The van der Waals surface area contributed by atoms with E-state index in [0.29, 0.717) is 10.2 Å². The van der Waals surface area contributed by atoms with Crippen molar-refractivity contribution < 1.29 is 9.52 Å². The number of nitrogens with zero attached hydrogens (tertiary/aromatic N) is 2. The van der Waals surface area contributed by atoms with Gasteiger partial charge in [-0.3, -0.25) is 9.98 Å². The van der Waals surface area contributed by atoms with Crippen molar-refractivity contribution in [2.24, 2.45) is 4.99 Å². The second kappa shape index (κ2) is 5.49. The highest BCUT2D eigenvalue weighted by Gasteiger charge is 2.06. The fourth-order valence-electron chi connectivity index (χ4n) is 1.82. The Hall–Kier alpha value is -2.47. The van der Waals surface area contributed by atoms with Crippen LogP contribution in [0.2, 0.25) is 0 Å². The average Bonchev–Trinajstić information content (AvgIpc) is 2.49. The lowest BCUT2D eigenvalue weighted by atomic mass is 10.2. The number of aromatic hydroxyl groups is 1. The molecule has 0 radical (unpaired) electrons. The van der Waals surface area contributed by atoms with Gasteiger partial charge < -0.3 is 9.52 Å². The van der Waals surface area contributed by atoms with Gasteiger partial charge >= 0.3 is 5.63 Å². The van der Waals surface area contributed by atoms with Crippen LogP contribution in [-0.4, -0.2) is 16.3 Å². The van der Waals surface area contributed by atoms with Crippen LogP contribution in [0, 0.1) is 0 Å². The molecule has 0 unspecified atom stereocenters. The zero-order valence-electron chi connectivity index (χ0n) is 10.7. The molecule has 0 amide bonds. The van der Waals surface area contributed by atoms with Gasteiger partial charge in [0.25, 0.3) is 5.95 Å². The van der Waals surface area contributed by atoms with Crippen molar-refractivity contribution in [1.29, 1.82) is 0 Å². The molecule has 6 heteroatoms. The highest BCUT2D eigenvalue weighted by atomic mass is 79.9. The molecule has 21 heavy (non-hydrogen) atoms. The quantitative estimate of drug-likeness (QED) is 0.722. The maximum absolute atomic E-state index is 11.6. The third-order valence-corrected chi connectivity index (χ3v) is 3.41. The molecule has 0 bridgehead atoms. The van der Waals surface area contributed by atoms with E-state index in [1.807, 2.05) is 30.3 Å². The number of pyridine rings is 1. The number of rotatable bonds is 2. The van der Waals surface area contributed by atoms with Gasteiger partial charge in [0.05, 0.1) is 27.4 Å². The van der Waals surface area contributed by atoms with E-state index >= 15 is 0 Å². The summed E-state index contributed by atoms with van der Waals surface area (Å²) in [4.78, 5) is 20.1. The third kappa shape index (κ3) is 2.85. The van der Waals surface area contributed by atoms with Crippen LogP contribution in [0.1, 0.15) is 5.56 Å². The first kappa shape index (κ1) is 13.5. The fourth-order valence-corrected chi connectivity index (χ4v) is 2.14. The molecular formula is C15H9BrN2O3. The Morgan fingerprint density at radius 3 is 2.95 bits per heavy atom. The number of aliphatic imine (C=N–C) groups is 1. The van der Waals surface area contributed by atoms with E-state index in [9.17, 15) is 9.90 Å². The van der Waals surface area contributed by atoms with E-state index in [0.717, 1.165) is 10.9 Å². The maximum Gasteiger partial charge on any atom is 0.347 e. The van der Waals surface area contributed by atoms with Crippen molar-refractivity contribution in [3.05, 3.63) is 63.1 Å². The number of aromatic nitrogens is 1. The first-order valence-corrected chi connectivity index (χ1v) is 6.84. The van der Waals surface area contributed by atoms with Crippen LogP contribution in [0.25, 0.3) is 10.9 Å². The molecule has 0 atom stereocenters. The molecule has 0 spiro atoms. The predicted molar refractivity (Wildman–Crippen MR) is 83.3 cm³/mol. The van der Waals surface area contributed by atoms with Gasteiger partial charge in [-0.2, -0.15) is 0 Å². The molecular weight excluding hydrogens is 336 g/mol. The minimum Gasteiger partial charge on any atom is -0.480 e. The number of fused-ring (bicyclic) bond motifs is 1. The first-order chi connectivity index (χ1) is 10.1. The van der Waals surface area contributed by atoms with Crippen molar-refractivity contribution in [2.75, 3.05) is 0 Å². The highest BCUT2D eigenvalue weighted by Crippen LogP contribution is 2.22. The minimum atomic E-state index is -0.659. The molecule has 5 nitrogen and oxygen atoms in total. The summed E-state index contributed by atoms with van der Waals surface area (Å²) in [5, 5.41) is 10.2. The SMILES string of the molecule is O=c1oc(O)c(Br)cc1C=Nc1cnc2ccccc2c1. The van der Waals surface area contributed by atoms with E-state index in [1.54, 1.807) is 6.20 Å². The van der Waals surface area contributed by atoms with Crippen LogP contribution in [0.5, 0.6) is 5.95 Å². The standard InChI is InChI=1S/C15H9BrN2O3/c16-12-6-10(14(19)21-15(12)20)7-17-11-5-9-3-1-2-4-13(9)18-8-11/h1-8,20H. The molecule has 104 valence electrons. The molecule has 1 N–H and O–H groups in total. The summed E-state index contributed by atoms with van der Waals surface area (Å²) in [6.45, 7) is 0. The molecule has 0 aliphatic heterocycles. The van der Waals surface area contributed by atoms with Crippen molar-refractivity contribution in [2.45, 2.75) is 0 Å². The minimum absolute atomic E-state index is 0.229. The Balaban J connectivity index is 1.98. The lowest BCUT2D eigenvalue weighted by molar-refractivity contribution is 0.305. The largest absolute Gasteiger partial charge is 0.480 e. The summed E-state index contributed by atoms with van der Waals surface area (Å²) in [5.41, 5.74) is 1.07. The molecule has 0 aliphatic carbocycles. The van der Waals surface area contributed by atoms with Crippen molar-refractivity contribution in [3.8, 4) is 5.95 Å². The summed E-state index contributed by atoms with van der Waals surface area (Å²) in [5.74, 6) is -0.454. The first-order valence-electron chi connectivity index (χ1n) is 6.05. The van der Waals surface area contributed by atoms with Crippen molar-refractivity contribution in [3.63, 3.8) is 0 Å². The smallest absolute Gasteiger partial charge is 0.347 e. The molecule has 2 aromatic heterocycles. The second-order valence-electron chi connectivity index (χ2n) is 4.29. The van der Waals surface area contributed by atoms with Crippen LogP contribution in [0.15, 0.2) is 61.3 Å². The van der Waals surface area contributed by atoms with Crippen molar-refractivity contribution >= 4 is 38.7 Å². The Bertz CT molecular complexity index is 903. The van der Waals surface area contributed by atoms with Gasteiger partial charge in [-0.25, -0.2) is 4.79 Å². The second-order valence-corrected chi connectivity index (χ2v) is 5.14. The summed E-state index contributed by atoms with van der Waals surface area (Å²) < 4.78 is 4.94. The fraction of sp³-hybridized carbons (Fsp3) is 0. The van der Waals surface area contributed by atoms with Crippen LogP contribution >= 0.6 is 15.9 Å². The van der Waals surface area contributed by atoms with E-state index in [-0.39, 0.29) is 5.56 Å². The van der Waals surface area contributed by atoms with Gasteiger partial charge in [0.15, 0.2) is 0 Å². The van der Waals surface area contributed by atoms with Crippen LogP contribution in [0.3, 0.4) is 0 Å². The van der Waals surface area contributed by atoms with Crippen LogP contribution < -0.4 is 5.63 Å². The summed E-state index contributed by atoms with van der Waals surface area (Å²) in [7, 11) is 0. The lowest BCUT2D eigenvalue weighted by Crippen LogP contribution is -2.05. The molecule has 0 saturated heterocycles. The van der Waals surface area contributed by atoms with E-state index in [2.05, 4.69) is 30.3 Å². The number of para-hydroxylation sites is 1. The normalized spacial score (nSPS) is 11.3. The van der Waals surface area contributed by atoms with Gasteiger partial charge in [0, 0.05) is 11.6 Å². The van der Waals surface area contributed by atoms with E-state index in [1.165, 1.54) is 12.3 Å². The topological polar surface area (TPSA) is 75.7 Å². The molecule has 2 heterocycles. The molecule has 1 aromatic carbocycles. The van der Waals surface area contributed by atoms with Gasteiger partial charge in [-0.15, -0.1) is 0 Å². The van der Waals surface area contributed by atoms with E-state index in [4.69, 9.17) is 0 Å². The van der Waals surface area contributed by atoms with E-state index < -0.39 is 11.6 Å². The third-order valence-electron chi connectivity index (χ3n) is 2.84. The lowest BCUT2D eigenvalue weighted by Gasteiger charge is -1.98. The Morgan fingerprint density at radius 2 is 2.10 bits per heavy atom. The molecule has 0 fully saturated rings.